The number of benzene rings is 1. The lowest BCUT2D eigenvalue weighted by Gasteiger charge is -2.08. The molecule has 74 valence electrons. The average Bonchev–Trinajstić information content (AvgIpc) is 2.19. The molecule has 1 rings (SSSR count). The number of aliphatic hydroxyl groups is 1. The summed E-state index contributed by atoms with van der Waals surface area (Å²) in [6.07, 6.45) is 0.411. The summed E-state index contributed by atoms with van der Waals surface area (Å²) in [4.78, 5) is 0. The highest BCUT2D eigenvalue weighted by Crippen LogP contribution is 2.27. The number of aliphatic hydroxyl groups excluding tert-OH is 1. The molecule has 4 heteroatoms. The molecule has 0 aliphatic rings. The number of halogens is 2. The van der Waals surface area contributed by atoms with Crippen molar-refractivity contribution in [1.29, 1.82) is 5.26 Å². The predicted octanol–water partition coefficient (Wildman–Crippen LogP) is 2.98. The zero-order valence-corrected chi connectivity index (χ0v) is 8.89. The van der Waals surface area contributed by atoms with Crippen molar-refractivity contribution in [1.82, 2.24) is 0 Å². The van der Waals surface area contributed by atoms with Crippen LogP contribution in [-0.4, -0.2) is 11.7 Å². The van der Waals surface area contributed by atoms with E-state index in [1.165, 1.54) is 0 Å². The van der Waals surface area contributed by atoms with Gasteiger partial charge in [0.25, 0.3) is 0 Å². The Bertz CT molecular complexity index is 360. The fourth-order valence-electron chi connectivity index (χ4n) is 1.16. The van der Waals surface area contributed by atoms with Crippen molar-refractivity contribution in [2.45, 2.75) is 12.3 Å². The molecule has 0 aliphatic carbocycles. The number of nitriles is 1. The number of rotatable bonds is 3. The Hall–Kier alpha value is -0.750. The van der Waals surface area contributed by atoms with Crippen LogP contribution in [0.4, 0.5) is 0 Å². The van der Waals surface area contributed by atoms with Gasteiger partial charge in [0.1, 0.15) is 0 Å². The van der Waals surface area contributed by atoms with Gasteiger partial charge in [-0.15, -0.1) is 0 Å². The Morgan fingerprint density at radius 2 is 2.07 bits per heavy atom. The van der Waals surface area contributed by atoms with E-state index in [1.54, 1.807) is 18.2 Å². The molecule has 1 N–H and O–H groups in total. The van der Waals surface area contributed by atoms with Gasteiger partial charge in [-0.3, -0.25) is 0 Å². The molecule has 0 bridgehead atoms. The number of hydrogen-bond acceptors (Lipinski definition) is 2. The fourth-order valence-corrected chi connectivity index (χ4v) is 1.47. The Morgan fingerprint density at radius 3 is 2.57 bits per heavy atom. The Balaban J connectivity index is 2.95. The van der Waals surface area contributed by atoms with E-state index >= 15 is 0 Å². The molecule has 2 nitrogen and oxygen atoms in total. The van der Waals surface area contributed by atoms with Crippen molar-refractivity contribution in [3.63, 3.8) is 0 Å². The Labute approximate surface area is 92.7 Å². The average molecular weight is 230 g/mol. The molecule has 14 heavy (non-hydrogen) atoms. The second kappa shape index (κ2) is 5.21. The molecule has 0 spiro atoms. The van der Waals surface area contributed by atoms with Gasteiger partial charge in [0, 0.05) is 6.61 Å². The number of nitrogens with zero attached hydrogens (tertiary/aromatic N) is 1. The maximum absolute atomic E-state index is 8.83. The molecule has 1 atom stereocenters. The quantitative estimate of drug-likeness (QED) is 0.867. The van der Waals surface area contributed by atoms with Crippen LogP contribution in [0.2, 0.25) is 10.0 Å². The summed E-state index contributed by atoms with van der Waals surface area (Å²) in [5.41, 5.74) is 0.788. The van der Waals surface area contributed by atoms with Gasteiger partial charge in [0.05, 0.1) is 22.0 Å². The van der Waals surface area contributed by atoms with Crippen LogP contribution in [0.25, 0.3) is 0 Å². The van der Waals surface area contributed by atoms with Crippen molar-refractivity contribution in [2.24, 2.45) is 0 Å². The highest BCUT2D eigenvalue weighted by molar-refractivity contribution is 6.42. The summed E-state index contributed by atoms with van der Waals surface area (Å²) in [6, 6.07) is 7.17. The molecule has 1 aromatic rings. The van der Waals surface area contributed by atoms with Crippen LogP contribution in [0.3, 0.4) is 0 Å². The van der Waals surface area contributed by atoms with Gasteiger partial charge in [-0.1, -0.05) is 29.3 Å². The first-order valence-electron chi connectivity index (χ1n) is 4.14. The molecule has 0 heterocycles. The zero-order chi connectivity index (χ0) is 10.6. The van der Waals surface area contributed by atoms with E-state index < -0.39 is 0 Å². The predicted molar refractivity (Wildman–Crippen MR) is 56.5 cm³/mol. The minimum absolute atomic E-state index is 0.0154. The molecular formula is C10H9Cl2NO. The maximum Gasteiger partial charge on any atom is 0.0735 e. The third-order valence-corrected chi connectivity index (χ3v) is 2.66. The van der Waals surface area contributed by atoms with E-state index in [0.29, 0.717) is 16.5 Å². The lowest BCUT2D eigenvalue weighted by atomic mass is 9.98. The van der Waals surface area contributed by atoms with E-state index in [-0.39, 0.29) is 12.5 Å². The van der Waals surface area contributed by atoms with E-state index in [9.17, 15) is 0 Å². The second-order valence-corrected chi connectivity index (χ2v) is 3.68. The largest absolute Gasteiger partial charge is 0.396 e. The van der Waals surface area contributed by atoms with E-state index in [0.717, 1.165) is 5.56 Å². The topological polar surface area (TPSA) is 44.0 Å². The van der Waals surface area contributed by atoms with Crippen molar-refractivity contribution < 1.29 is 5.11 Å². The molecule has 0 aromatic heterocycles. The summed E-state index contributed by atoms with van der Waals surface area (Å²) >= 11 is 11.6. The van der Waals surface area contributed by atoms with Gasteiger partial charge in [0.2, 0.25) is 0 Å². The molecular weight excluding hydrogens is 221 g/mol. The second-order valence-electron chi connectivity index (χ2n) is 2.87. The molecule has 0 radical (unpaired) electrons. The summed E-state index contributed by atoms with van der Waals surface area (Å²) in [6.45, 7) is -0.0154. The summed E-state index contributed by atoms with van der Waals surface area (Å²) in [5.74, 6) is -0.324. The first-order valence-corrected chi connectivity index (χ1v) is 4.90. The van der Waals surface area contributed by atoms with Crippen LogP contribution < -0.4 is 0 Å². The molecule has 0 saturated carbocycles. The van der Waals surface area contributed by atoms with Crippen molar-refractivity contribution in [2.75, 3.05) is 6.61 Å². The van der Waals surface area contributed by atoms with Crippen LogP contribution in [0.15, 0.2) is 18.2 Å². The van der Waals surface area contributed by atoms with Crippen LogP contribution in [0.1, 0.15) is 17.9 Å². The SMILES string of the molecule is N#C[C@@H](CCO)c1ccc(Cl)c(Cl)c1. The molecule has 0 amide bonds. The van der Waals surface area contributed by atoms with Crippen LogP contribution in [0, 0.1) is 11.3 Å². The summed E-state index contributed by atoms with van der Waals surface area (Å²) in [7, 11) is 0. The molecule has 0 saturated heterocycles. The lowest BCUT2D eigenvalue weighted by molar-refractivity contribution is 0.283. The van der Waals surface area contributed by atoms with Crippen LogP contribution in [-0.2, 0) is 0 Å². The van der Waals surface area contributed by atoms with Gasteiger partial charge >= 0.3 is 0 Å². The highest BCUT2D eigenvalue weighted by Gasteiger charge is 2.11. The molecule has 0 unspecified atom stereocenters. The third-order valence-electron chi connectivity index (χ3n) is 1.92. The third kappa shape index (κ3) is 2.62. The fraction of sp³-hybridized carbons (Fsp3) is 0.300. The smallest absolute Gasteiger partial charge is 0.0735 e. The van der Waals surface area contributed by atoms with E-state index in [4.69, 9.17) is 33.6 Å². The van der Waals surface area contributed by atoms with Gasteiger partial charge in [-0.25, -0.2) is 0 Å². The first-order chi connectivity index (χ1) is 6.69. The first kappa shape index (κ1) is 11.3. The van der Waals surface area contributed by atoms with Crippen molar-refractivity contribution in [3.05, 3.63) is 33.8 Å². The van der Waals surface area contributed by atoms with Crippen LogP contribution in [0.5, 0.6) is 0 Å². The highest BCUT2D eigenvalue weighted by atomic mass is 35.5. The Kier molecular flexibility index (Phi) is 4.21. The van der Waals surface area contributed by atoms with Crippen molar-refractivity contribution >= 4 is 23.2 Å². The van der Waals surface area contributed by atoms with Gasteiger partial charge < -0.3 is 5.11 Å². The maximum atomic E-state index is 8.83. The molecule has 1 aromatic carbocycles. The standard InChI is InChI=1S/C10H9Cl2NO/c11-9-2-1-7(5-10(9)12)8(6-13)3-4-14/h1-2,5,8,14H,3-4H2/t8-/m1/s1. The minimum Gasteiger partial charge on any atom is -0.396 e. The monoisotopic (exact) mass is 229 g/mol. The molecule has 0 aliphatic heterocycles. The normalized spacial score (nSPS) is 12.1. The summed E-state index contributed by atoms with van der Waals surface area (Å²) in [5, 5.41) is 18.5. The van der Waals surface area contributed by atoms with Crippen molar-refractivity contribution in [3.8, 4) is 6.07 Å². The lowest BCUT2D eigenvalue weighted by Crippen LogP contribution is -1.98. The van der Waals surface area contributed by atoms with E-state index in [2.05, 4.69) is 6.07 Å². The Morgan fingerprint density at radius 1 is 1.36 bits per heavy atom. The van der Waals surface area contributed by atoms with Crippen LogP contribution >= 0.6 is 23.2 Å². The van der Waals surface area contributed by atoms with E-state index in [1.807, 2.05) is 0 Å². The van der Waals surface area contributed by atoms with Gasteiger partial charge in [-0.05, 0) is 24.1 Å². The minimum atomic E-state index is -0.324. The zero-order valence-electron chi connectivity index (χ0n) is 7.37. The number of hydrogen-bond donors (Lipinski definition) is 1. The van der Waals surface area contributed by atoms with Gasteiger partial charge in [0.15, 0.2) is 0 Å². The summed E-state index contributed by atoms with van der Waals surface area (Å²) < 4.78 is 0. The molecule has 0 fully saturated rings. The van der Waals surface area contributed by atoms with Gasteiger partial charge in [-0.2, -0.15) is 5.26 Å².